The van der Waals surface area contributed by atoms with E-state index < -0.39 is 0 Å². The van der Waals surface area contributed by atoms with Crippen LogP contribution >= 0.6 is 23.4 Å². The van der Waals surface area contributed by atoms with E-state index in [9.17, 15) is 9.59 Å². The van der Waals surface area contributed by atoms with Crippen LogP contribution in [0.15, 0.2) is 64.4 Å². The number of hydrogen-bond donors (Lipinski definition) is 1. The van der Waals surface area contributed by atoms with Crippen molar-refractivity contribution < 1.29 is 4.79 Å². The van der Waals surface area contributed by atoms with Crippen molar-refractivity contribution in [1.82, 2.24) is 9.78 Å². The number of nitrogens with one attached hydrogen (secondary N) is 1. The van der Waals surface area contributed by atoms with Gasteiger partial charge < -0.3 is 5.32 Å². The first-order chi connectivity index (χ1) is 12.9. The van der Waals surface area contributed by atoms with Gasteiger partial charge in [-0.25, -0.2) is 0 Å². The van der Waals surface area contributed by atoms with E-state index in [1.807, 2.05) is 32.0 Å². The summed E-state index contributed by atoms with van der Waals surface area (Å²) in [5.74, 6) is 0.0221. The summed E-state index contributed by atoms with van der Waals surface area (Å²) in [4.78, 5) is 24.3. The molecule has 0 bridgehead atoms. The summed E-state index contributed by atoms with van der Waals surface area (Å²) in [5.41, 5.74) is 3.40. The van der Waals surface area contributed by atoms with Crippen molar-refractivity contribution >= 4 is 35.0 Å². The van der Waals surface area contributed by atoms with Crippen molar-refractivity contribution in [3.8, 4) is 5.69 Å². The molecule has 1 N–H and O–H groups in total. The Morgan fingerprint density at radius 3 is 2.52 bits per heavy atom. The normalized spacial score (nSPS) is 10.6. The number of carbonyl (C=O) groups excluding carboxylic acids is 1. The second-order valence-corrected chi connectivity index (χ2v) is 7.47. The summed E-state index contributed by atoms with van der Waals surface area (Å²) in [5, 5.41) is 8.38. The molecule has 0 fully saturated rings. The molecule has 3 aromatic rings. The largest absolute Gasteiger partial charge is 0.325 e. The Morgan fingerprint density at radius 1 is 1.07 bits per heavy atom. The molecule has 1 amide bonds. The Kier molecular flexibility index (Phi) is 5.98. The Labute approximate surface area is 166 Å². The fourth-order valence-corrected chi connectivity index (χ4v) is 3.16. The molecule has 2 aromatic carbocycles. The van der Waals surface area contributed by atoms with Crippen molar-refractivity contribution in [2.24, 2.45) is 0 Å². The molecule has 1 heterocycles. The number of rotatable bonds is 5. The van der Waals surface area contributed by atoms with E-state index in [0.29, 0.717) is 21.4 Å². The van der Waals surface area contributed by atoms with Gasteiger partial charge in [0.2, 0.25) is 5.91 Å². The van der Waals surface area contributed by atoms with Gasteiger partial charge in [-0.05, 0) is 67.4 Å². The minimum Gasteiger partial charge on any atom is -0.325 e. The van der Waals surface area contributed by atoms with Crippen molar-refractivity contribution in [3.05, 3.63) is 81.1 Å². The number of carbonyl (C=O) groups is 1. The maximum Gasteiger partial charge on any atom is 0.271 e. The number of hydrogen-bond acceptors (Lipinski definition) is 4. The quantitative estimate of drug-likeness (QED) is 0.652. The second kappa shape index (κ2) is 8.41. The number of aryl methyl sites for hydroxylation is 2. The molecule has 0 aliphatic rings. The lowest BCUT2D eigenvalue weighted by Gasteiger charge is -2.09. The van der Waals surface area contributed by atoms with Gasteiger partial charge in [-0.2, -0.15) is 9.78 Å². The molecule has 1 aromatic heterocycles. The van der Waals surface area contributed by atoms with Crippen LogP contribution in [-0.2, 0) is 4.79 Å². The molecule has 0 unspecified atom stereocenters. The maximum absolute atomic E-state index is 12.2. The van der Waals surface area contributed by atoms with E-state index in [-0.39, 0.29) is 17.2 Å². The molecule has 7 heteroatoms. The monoisotopic (exact) mass is 399 g/mol. The Bertz CT molecular complexity index is 1030. The van der Waals surface area contributed by atoms with Crippen LogP contribution in [0.2, 0.25) is 5.02 Å². The van der Waals surface area contributed by atoms with Crippen LogP contribution in [0.1, 0.15) is 11.1 Å². The van der Waals surface area contributed by atoms with Crippen molar-refractivity contribution in [1.29, 1.82) is 0 Å². The second-order valence-electron chi connectivity index (χ2n) is 6.03. The predicted octanol–water partition coefficient (Wildman–Crippen LogP) is 4.23. The first-order valence-electron chi connectivity index (χ1n) is 8.28. The smallest absolute Gasteiger partial charge is 0.271 e. The minimum absolute atomic E-state index is 0.159. The zero-order valence-corrected chi connectivity index (χ0v) is 16.5. The number of benzene rings is 2. The fraction of sp³-hybridized carbons (Fsp3) is 0.150. The van der Waals surface area contributed by atoms with Gasteiger partial charge in [0.15, 0.2) is 0 Å². The number of aromatic nitrogens is 2. The molecule has 0 saturated carbocycles. The molecule has 3 rings (SSSR count). The van der Waals surface area contributed by atoms with Gasteiger partial charge in [0.1, 0.15) is 5.03 Å². The standard InChI is InChI=1S/C20H18ClN3O2S/c1-13-3-8-17(11-14(13)2)24-20(26)10-9-19(23-24)27-12-18(25)22-16-6-4-15(21)5-7-16/h3-11H,12H2,1-2H3,(H,22,25). The Hall–Kier alpha value is -2.57. The zero-order valence-electron chi connectivity index (χ0n) is 14.9. The van der Waals surface area contributed by atoms with Crippen LogP contribution in [0.3, 0.4) is 0 Å². The summed E-state index contributed by atoms with van der Waals surface area (Å²) >= 11 is 7.10. The van der Waals surface area contributed by atoms with Crippen LogP contribution in [0.5, 0.6) is 0 Å². The average Bonchev–Trinajstić information content (AvgIpc) is 2.65. The van der Waals surface area contributed by atoms with Crippen molar-refractivity contribution in [3.63, 3.8) is 0 Å². The molecule has 0 atom stereocenters. The highest BCUT2D eigenvalue weighted by Crippen LogP contribution is 2.18. The molecule has 138 valence electrons. The lowest BCUT2D eigenvalue weighted by Crippen LogP contribution is -2.21. The Balaban J connectivity index is 1.70. The molecule has 27 heavy (non-hydrogen) atoms. The summed E-state index contributed by atoms with van der Waals surface area (Å²) in [6.07, 6.45) is 0. The Morgan fingerprint density at radius 2 is 1.81 bits per heavy atom. The lowest BCUT2D eigenvalue weighted by molar-refractivity contribution is -0.113. The van der Waals surface area contributed by atoms with Crippen LogP contribution < -0.4 is 10.9 Å². The van der Waals surface area contributed by atoms with Gasteiger partial charge in [-0.3, -0.25) is 9.59 Å². The molecule has 0 aliphatic carbocycles. The third kappa shape index (κ3) is 4.99. The van der Waals surface area contributed by atoms with E-state index in [1.165, 1.54) is 22.5 Å². The third-order valence-corrected chi connectivity index (χ3v) is 5.16. The van der Waals surface area contributed by atoms with E-state index in [0.717, 1.165) is 11.1 Å². The van der Waals surface area contributed by atoms with Crippen LogP contribution in [0.25, 0.3) is 5.69 Å². The minimum atomic E-state index is -0.215. The number of nitrogens with zero attached hydrogens (tertiary/aromatic N) is 2. The fourth-order valence-electron chi connectivity index (χ4n) is 2.38. The summed E-state index contributed by atoms with van der Waals surface area (Å²) in [7, 11) is 0. The van der Waals surface area contributed by atoms with Crippen LogP contribution in [0, 0.1) is 13.8 Å². The van der Waals surface area contributed by atoms with E-state index >= 15 is 0 Å². The molecule has 0 radical (unpaired) electrons. The van der Waals surface area contributed by atoms with Gasteiger partial charge in [-0.15, -0.1) is 0 Å². The predicted molar refractivity (Wildman–Crippen MR) is 110 cm³/mol. The zero-order chi connectivity index (χ0) is 19.4. The first-order valence-corrected chi connectivity index (χ1v) is 9.65. The molecule has 0 aliphatic heterocycles. The highest BCUT2D eigenvalue weighted by molar-refractivity contribution is 7.99. The van der Waals surface area contributed by atoms with E-state index in [2.05, 4.69) is 10.4 Å². The van der Waals surface area contributed by atoms with Crippen molar-refractivity contribution in [2.75, 3.05) is 11.1 Å². The molecule has 0 spiro atoms. The molecule has 0 saturated heterocycles. The number of halogens is 1. The van der Waals surface area contributed by atoms with E-state index in [1.54, 1.807) is 30.3 Å². The highest BCUT2D eigenvalue weighted by Gasteiger charge is 2.08. The molecule has 5 nitrogen and oxygen atoms in total. The lowest BCUT2D eigenvalue weighted by atomic mass is 10.1. The summed E-state index contributed by atoms with van der Waals surface area (Å²) < 4.78 is 1.35. The van der Waals surface area contributed by atoms with Gasteiger partial charge in [0.25, 0.3) is 5.56 Å². The van der Waals surface area contributed by atoms with Crippen LogP contribution in [0.4, 0.5) is 5.69 Å². The summed E-state index contributed by atoms with van der Waals surface area (Å²) in [6.45, 7) is 4.00. The first kappa shape index (κ1) is 19.2. The highest BCUT2D eigenvalue weighted by atomic mass is 35.5. The van der Waals surface area contributed by atoms with E-state index in [4.69, 9.17) is 11.6 Å². The van der Waals surface area contributed by atoms with Gasteiger partial charge >= 0.3 is 0 Å². The van der Waals surface area contributed by atoms with Gasteiger partial charge in [0.05, 0.1) is 11.4 Å². The molecular formula is C20H18ClN3O2S. The average molecular weight is 400 g/mol. The summed E-state index contributed by atoms with van der Waals surface area (Å²) in [6, 6.07) is 15.7. The SMILES string of the molecule is Cc1ccc(-n2nc(SCC(=O)Nc3ccc(Cl)cc3)ccc2=O)cc1C. The van der Waals surface area contributed by atoms with Crippen molar-refractivity contribution in [2.45, 2.75) is 18.9 Å². The van der Waals surface area contributed by atoms with Crippen LogP contribution in [-0.4, -0.2) is 21.4 Å². The van der Waals surface area contributed by atoms with Gasteiger partial charge in [-0.1, -0.05) is 29.4 Å². The molecular weight excluding hydrogens is 382 g/mol. The number of thioether (sulfide) groups is 1. The number of amides is 1. The number of anilines is 1. The topological polar surface area (TPSA) is 64.0 Å². The maximum atomic E-state index is 12.2. The third-order valence-electron chi connectivity index (χ3n) is 3.99. The van der Waals surface area contributed by atoms with Gasteiger partial charge in [0, 0.05) is 16.8 Å².